The predicted molar refractivity (Wildman–Crippen MR) is 50.9 cm³/mol. The van der Waals surface area contributed by atoms with Crippen LogP contribution in [0.25, 0.3) is 5.57 Å². The highest BCUT2D eigenvalue weighted by molar-refractivity contribution is 7.11. The van der Waals surface area contributed by atoms with Crippen molar-refractivity contribution in [2.24, 2.45) is 0 Å². The summed E-state index contributed by atoms with van der Waals surface area (Å²) in [6, 6.07) is 0. The van der Waals surface area contributed by atoms with Gasteiger partial charge in [0.15, 0.2) is 0 Å². The van der Waals surface area contributed by atoms with Crippen molar-refractivity contribution < 1.29 is 0 Å². The van der Waals surface area contributed by atoms with Crippen molar-refractivity contribution in [1.29, 1.82) is 0 Å². The third-order valence-electron chi connectivity index (χ3n) is 2.11. The van der Waals surface area contributed by atoms with Crippen molar-refractivity contribution in [1.82, 2.24) is 0 Å². The number of aryl methyl sites for hydroxylation is 1. The van der Waals surface area contributed by atoms with Gasteiger partial charge in [-0.15, -0.1) is 11.3 Å². The van der Waals surface area contributed by atoms with Gasteiger partial charge in [-0.05, 0) is 35.4 Å². The van der Waals surface area contributed by atoms with Crippen molar-refractivity contribution in [3.63, 3.8) is 0 Å². The maximum Gasteiger partial charge on any atom is 0.0377 e. The molecule has 0 aliphatic heterocycles. The summed E-state index contributed by atoms with van der Waals surface area (Å²) in [5.74, 6) is 0. The van der Waals surface area contributed by atoms with Crippen LogP contribution in [0.5, 0.6) is 0 Å². The van der Waals surface area contributed by atoms with Gasteiger partial charge >= 0.3 is 0 Å². The molecule has 1 aromatic heterocycles. The molecule has 0 N–H and O–H groups in total. The fraction of sp³-hybridized carbons (Fsp3) is 0.200. The first kappa shape index (κ1) is 6.86. The van der Waals surface area contributed by atoms with Crippen LogP contribution < -0.4 is 0 Å². The highest BCUT2D eigenvalue weighted by Crippen LogP contribution is 2.35. The number of thiophene rings is 1. The first-order chi connectivity index (χ1) is 5.33. The van der Waals surface area contributed by atoms with Gasteiger partial charge in [-0.2, -0.15) is 0 Å². The molecule has 56 valence electrons. The zero-order valence-corrected chi connectivity index (χ0v) is 7.37. The molecule has 0 radical (unpaired) electrons. The molecule has 0 atom stereocenters. The van der Waals surface area contributed by atoms with E-state index >= 15 is 0 Å². The molecule has 11 heavy (non-hydrogen) atoms. The van der Waals surface area contributed by atoms with Gasteiger partial charge in [0, 0.05) is 4.88 Å². The quantitative estimate of drug-likeness (QED) is 0.595. The second-order valence-electron chi connectivity index (χ2n) is 2.79. The number of hydrogen-bond donors (Lipinski definition) is 0. The number of rotatable bonds is 1. The molecule has 1 aliphatic carbocycles. The first-order valence-corrected chi connectivity index (χ1v) is 4.61. The van der Waals surface area contributed by atoms with Crippen LogP contribution in [0.1, 0.15) is 16.0 Å². The molecule has 0 nitrogen and oxygen atoms in total. The van der Waals surface area contributed by atoms with Gasteiger partial charge in [0.25, 0.3) is 0 Å². The Morgan fingerprint density at radius 1 is 1.64 bits per heavy atom. The molecule has 0 saturated carbocycles. The Hall–Kier alpha value is -0.820. The summed E-state index contributed by atoms with van der Waals surface area (Å²) in [6.45, 7) is 5.96. The third kappa shape index (κ3) is 0.881. The second-order valence-corrected chi connectivity index (χ2v) is 3.67. The van der Waals surface area contributed by atoms with E-state index in [2.05, 4.69) is 25.0 Å². The van der Waals surface area contributed by atoms with E-state index in [1.807, 2.05) is 17.4 Å². The average Bonchev–Trinajstić information content (AvgIpc) is 2.53. The Bertz CT molecular complexity index is 329. The van der Waals surface area contributed by atoms with E-state index in [4.69, 9.17) is 0 Å². The van der Waals surface area contributed by atoms with Gasteiger partial charge in [0.1, 0.15) is 0 Å². The highest BCUT2D eigenvalue weighted by atomic mass is 32.1. The largest absolute Gasteiger partial charge is 0.143 e. The summed E-state index contributed by atoms with van der Waals surface area (Å²) in [5, 5.41) is 2.22. The van der Waals surface area contributed by atoms with Crippen LogP contribution in [0.4, 0.5) is 0 Å². The standard InChI is InChI=1S/C10H10S/c1-3-8-4-5-9-7(2)6-11-10(8)9/h3-4,6H,1,5H2,2H3. The fourth-order valence-corrected chi connectivity index (χ4v) is 2.57. The van der Waals surface area contributed by atoms with Gasteiger partial charge < -0.3 is 0 Å². The number of allylic oxidation sites excluding steroid dienone is 3. The molecule has 0 unspecified atom stereocenters. The molecule has 1 aromatic rings. The zero-order valence-electron chi connectivity index (χ0n) is 6.55. The van der Waals surface area contributed by atoms with E-state index in [1.165, 1.54) is 21.6 Å². The average molecular weight is 162 g/mol. The molecule has 0 fully saturated rings. The Labute approximate surface area is 70.9 Å². The Morgan fingerprint density at radius 3 is 3.18 bits per heavy atom. The Morgan fingerprint density at radius 2 is 2.45 bits per heavy atom. The molecule has 2 rings (SSSR count). The zero-order chi connectivity index (χ0) is 7.84. The minimum absolute atomic E-state index is 1.10. The Balaban J connectivity index is 2.56. The van der Waals surface area contributed by atoms with Crippen molar-refractivity contribution in [3.05, 3.63) is 40.1 Å². The molecule has 0 aromatic carbocycles. The lowest BCUT2D eigenvalue weighted by Crippen LogP contribution is -1.76. The predicted octanol–water partition coefficient (Wildman–Crippen LogP) is 3.18. The van der Waals surface area contributed by atoms with Gasteiger partial charge in [-0.25, -0.2) is 0 Å². The van der Waals surface area contributed by atoms with E-state index in [1.54, 1.807) is 0 Å². The van der Waals surface area contributed by atoms with Crippen molar-refractivity contribution >= 4 is 16.9 Å². The number of hydrogen-bond acceptors (Lipinski definition) is 1. The topological polar surface area (TPSA) is 0 Å². The van der Waals surface area contributed by atoms with Crippen LogP contribution in [0.15, 0.2) is 24.1 Å². The van der Waals surface area contributed by atoms with E-state index in [0.29, 0.717) is 0 Å². The summed E-state index contributed by atoms with van der Waals surface area (Å²) < 4.78 is 0. The molecular weight excluding hydrogens is 152 g/mol. The van der Waals surface area contributed by atoms with Crippen LogP contribution in [0.3, 0.4) is 0 Å². The van der Waals surface area contributed by atoms with Crippen LogP contribution in [0.2, 0.25) is 0 Å². The molecule has 1 heteroatoms. The van der Waals surface area contributed by atoms with Crippen LogP contribution >= 0.6 is 11.3 Å². The lowest BCUT2D eigenvalue weighted by atomic mass is 10.1. The maximum atomic E-state index is 3.79. The summed E-state index contributed by atoms with van der Waals surface area (Å²) in [4.78, 5) is 1.43. The summed E-state index contributed by atoms with van der Waals surface area (Å²) in [7, 11) is 0. The highest BCUT2D eigenvalue weighted by Gasteiger charge is 2.14. The second kappa shape index (κ2) is 2.35. The molecule has 0 amide bonds. The molecule has 0 bridgehead atoms. The minimum atomic E-state index is 1.10. The first-order valence-electron chi connectivity index (χ1n) is 3.73. The fourth-order valence-electron chi connectivity index (χ4n) is 1.45. The van der Waals surface area contributed by atoms with Crippen LogP contribution in [-0.4, -0.2) is 0 Å². The molecule has 0 spiro atoms. The van der Waals surface area contributed by atoms with Crippen molar-refractivity contribution in [3.8, 4) is 0 Å². The summed E-state index contributed by atoms with van der Waals surface area (Å²) >= 11 is 1.83. The minimum Gasteiger partial charge on any atom is -0.143 e. The molecule has 0 saturated heterocycles. The third-order valence-corrected chi connectivity index (χ3v) is 3.30. The molecular formula is C10H10S. The van der Waals surface area contributed by atoms with Gasteiger partial charge in [0.2, 0.25) is 0 Å². The van der Waals surface area contributed by atoms with Gasteiger partial charge in [-0.3, -0.25) is 0 Å². The monoisotopic (exact) mass is 162 g/mol. The lowest BCUT2D eigenvalue weighted by Gasteiger charge is -1.91. The maximum absolute atomic E-state index is 3.79. The summed E-state index contributed by atoms with van der Waals surface area (Å²) in [6.07, 6.45) is 5.30. The van der Waals surface area contributed by atoms with Crippen LogP contribution in [0, 0.1) is 6.92 Å². The Kier molecular flexibility index (Phi) is 1.46. The van der Waals surface area contributed by atoms with Crippen molar-refractivity contribution in [2.45, 2.75) is 13.3 Å². The molecule has 1 heterocycles. The van der Waals surface area contributed by atoms with E-state index < -0.39 is 0 Å². The van der Waals surface area contributed by atoms with Gasteiger partial charge in [-0.1, -0.05) is 18.7 Å². The van der Waals surface area contributed by atoms with E-state index in [-0.39, 0.29) is 0 Å². The SMILES string of the molecule is C=CC1=CCc2c(C)csc21. The normalized spacial score (nSPS) is 14.5. The smallest absolute Gasteiger partial charge is 0.0377 e. The lowest BCUT2D eigenvalue weighted by molar-refractivity contribution is 1.28. The van der Waals surface area contributed by atoms with Gasteiger partial charge in [0.05, 0.1) is 0 Å². The summed E-state index contributed by atoms with van der Waals surface area (Å²) in [5.41, 5.74) is 4.25. The van der Waals surface area contributed by atoms with Crippen molar-refractivity contribution in [2.75, 3.05) is 0 Å². The van der Waals surface area contributed by atoms with E-state index in [0.717, 1.165) is 6.42 Å². The molecule has 1 aliphatic rings. The number of fused-ring (bicyclic) bond motifs is 1. The van der Waals surface area contributed by atoms with Crippen LogP contribution in [-0.2, 0) is 6.42 Å². The van der Waals surface area contributed by atoms with E-state index in [9.17, 15) is 0 Å².